The van der Waals surface area contributed by atoms with Gasteiger partial charge in [0.05, 0.1) is 47.9 Å². The molecule has 4 aromatic rings. The molecule has 10 heteroatoms. The third-order valence-corrected chi connectivity index (χ3v) is 6.13. The van der Waals surface area contributed by atoms with Gasteiger partial charge in [0.1, 0.15) is 11.3 Å². The lowest BCUT2D eigenvalue weighted by Crippen LogP contribution is -2.37. The average molecular weight is 455 g/mol. The second-order valence-corrected chi connectivity index (χ2v) is 8.10. The molecule has 0 saturated heterocycles. The average Bonchev–Trinajstić information content (AvgIpc) is 3.29. The third-order valence-electron chi connectivity index (χ3n) is 6.13. The number of carbonyl (C=O) groups is 1. The molecule has 0 fully saturated rings. The molecule has 2 N–H and O–H groups in total. The Bertz CT molecular complexity index is 1400. The first kappa shape index (κ1) is 21.2. The summed E-state index contributed by atoms with van der Waals surface area (Å²) in [4.78, 5) is 23.2. The largest absolute Gasteiger partial charge is 0.416 e. The molecule has 33 heavy (non-hydrogen) atoms. The van der Waals surface area contributed by atoms with Crippen LogP contribution in [0.5, 0.6) is 0 Å². The highest BCUT2D eigenvalue weighted by molar-refractivity contribution is 5.98. The van der Waals surface area contributed by atoms with Crippen molar-refractivity contribution in [1.29, 1.82) is 0 Å². The van der Waals surface area contributed by atoms with Gasteiger partial charge in [-0.2, -0.15) is 13.2 Å². The minimum absolute atomic E-state index is 0.0924. The number of ether oxygens (including phenoxy) is 1. The van der Waals surface area contributed by atoms with Gasteiger partial charge in [-0.05, 0) is 48.4 Å². The number of hydrogen-bond acceptors (Lipinski definition) is 5. The minimum Gasteiger partial charge on any atom is -0.382 e. The Labute approximate surface area is 186 Å². The zero-order valence-corrected chi connectivity index (χ0v) is 17.8. The molecule has 1 aliphatic rings. The van der Waals surface area contributed by atoms with Gasteiger partial charge in [-0.25, -0.2) is 9.97 Å². The maximum Gasteiger partial charge on any atom is 0.416 e. The van der Waals surface area contributed by atoms with Gasteiger partial charge in [0.25, 0.3) is 5.91 Å². The lowest BCUT2D eigenvalue weighted by molar-refractivity contribution is -0.137. The van der Waals surface area contributed by atoms with E-state index in [1.165, 1.54) is 11.0 Å². The quantitative estimate of drug-likeness (QED) is 0.485. The van der Waals surface area contributed by atoms with Gasteiger partial charge in [-0.3, -0.25) is 9.20 Å². The number of carbonyl (C=O) groups excluding carboxylic acids is 1. The molecule has 0 radical (unpaired) electrons. The van der Waals surface area contributed by atoms with Crippen LogP contribution in [0, 0.1) is 0 Å². The zero-order chi connectivity index (χ0) is 23.5. The number of aromatic nitrogens is 3. The Morgan fingerprint density at radius 1 is 1.18 bits per heavy atom. The van der Waals surface area contributed by atoms with Crippen molar-refractivity contribution in [3.05, 3.63) is 71.2 Å². The monoisotopic (exact) mass is 455 g/mol. The molecule has 0 bridgehead atoms. The predicted octanol–water partition coefficient (Wildman–Crippen LogP) is 4.39. The Morgan fingerprint density at radius 2 is 1.97 bits per heavy atom. The summed E-state index contributed by atoms with van der Waals surface area (Å²) < 4.78 is 47.6. The summed E-state index contributed by atoms with van der Waals surface area (Å²) in [7, 11) is 1.56. The Balaban J connectivity index is 1.55. The van der Waals surface area contributed by atoms with Gasteiger partial charge in [0.15, 0.2) is 0 Å². The number of hydrogen-bond donors (Lipinski definition) is 1. The molecule has 2 atom stereocenters. The third kappa shape index (κ3) is 3.46. The van der Waals surface area contributed by atoms with Crippen LogP contribution in [0.15, 0.2) is 48.9 Å². The molecule has 0 saturated carbocycles. The van der Waals surface area contributed by atoms with Crippen molar-refractivity contribution >= 4 is 28.3 Å². The van der Waals surface area contributed by atoms with E-state index in [2.05, 4.69) is 9.97 Å². The van der Waals surface area contributed by atoms with Gasteiger partial charge >= 0.3 is 6.18 Å². The van der Waals surface area contributed by atoms with Gasteiger partial charge in [0.2, 0.25) is 0 Å². The molecule has 0 spiro atoms. The number of likely N-dealkylation sites (N-methyl/N-ethyl adjacent to an activating group) is 1. The first-order valence-corrected chi connectivity index (χ1v) is 10.3. The smallest absolute Gasteiger partial charge is 0.382 e. The number of anilines is 1. The fourth-order valence-electron chi connectivity index (χ4n) is 4.30. The molecule has 1 aliphatic heterocycles. The SMILES string of the molecule is CC1OC[C@@H](N(C)C(=O)c2ccc3nc(N)c4cncn4c3c2)c2cc(C(F)(F)F)ccc21. The number of nitrogens with two attached hydrogens (primary N) is 1. The summed E-state index contributed by atoms with van der Waals surface area (Å²) in [5.74, 6) is -0.0322. The zero-order valence-electron chi connectivity index (χ0n) is 17.8. The molecular formula is C23H20F3N5O2. The van der Waals surface area contributed by atoms with E-state index in [9.17, 15) is 18.0 Å². The number of imidazole rings is 1. The normalized spacial score (nSPS) is 18.5. The van der Waals surface area contributed by atoms with Crippen molar-refractivity contribution in [1.82, 2.24) is 19.3 Å². The van der Waals surface area contributed by atoms with Crippen LogP contribution in [0.25, 0.3) is 16.6 Å². The van der Waals surface area contributed by atoms with E-state index < -0.39 is 17.8 Å². The van der Waals surface area contributed by atoms with E-state index in [0.29, 0.717) is 39.1 Å². The van der Waals surface area contributed by atoms with E-state index in [1.54, 1.807) is 49.1 Å². The Hall–Kier alpha value is -3.66. The second-order valence-electron chi connectivity index (χ2n) is 8.10. The highest BCUT2D eigenvalue weighted by Gasteiger charge is 2.36. The molecule has 7 nitrogen and oxygen atoms in total. The summed E-state index contributed by atoms with van der Waals surface area (Å²) in [5, 5.41) is 0. The first-order chi connectivity index (χ1) is 15.6. The van der Waals surface area contributed by atoms with Crippen molar-refractivity contribution in [3.8, 4) is 0 Å². The minimum atomic E-state index is -4.48. The number of halogens is 3. The van der Waals surface area contributed by atoms with Crippen molar-refractivity contribution in [2.24, 2.45) is 0 Å². The van der Waals surface area contributed by atoms with E-state index >= 15 is 0 Å². The van der Waals surface area contributed by atoms with Gasteiger partial charge < -0.3 is 15.4 Å². The number of fused-ring (bicyclic) bond motifs is 4. The number of nitrogen functional groups attached to an aromatic ring is 1. The Morgan fingerprint density at radius 3 is 2.73 bits per heavy atom. The fourth-order valence-corrected chi connectivity index (χ4v) is 4.30. The van der Waals surface area contributed by atoms with Crippen LogP contribution in [0.4, 0.5) is 19.0 Å². The second kappa shape index (κ2) is 7.45. The highest BCUT2D eigenvalue weighted by atomic mass is 19.4. The van der Waals surface area contributed by atoms with Crippen LogP contribution >= 0.6 is 0 Å². The van der Waals surface area contributed by atoms with Crippen LogP contribution in [0.1, 0.15) is 46.1 Å². The lowest BCUT2D eigenvalue weighted by Gasteiger charge is -2.36. The van der Waals surface area contributed by atoms with Crippen LogP contribution < -0.4 is 5.73 Å². The van der Waals surface area contributed by atoms with Crippen LogP contribution in [-0.2, 0) is 10.9 Å². The van der Waals surface area contributed by atoms with Crippen molar-refractivity contribution in [2.45, 2.75) is 25.2 Å². The molecule has 170 valence electrons. The molecule has 1 amide bonds. The number of amides is 1. The van der Waals surface area contributed by atoms with Crippen LogP contribution in [0.3, 0.4) is 0 Å². The summed E-state index contributed by atoms with van der Waals surface area (Å²) in [5.41, 5.74) is 8.50. The molecule has 0 aliphatic carbocycles. The standard InChI is InChI=1S/C23H20F3N5O2/c1-12-15-5-4-14(23(24,25)26)8-16(15)20(10-33-12)30(2)22(32)13-3-6-17-18(7-13)31-11-28-9-19(31)21(27)29-17/h3-9,11-12,20H,10H2,1-2H3,(H2,27,29)/t12?,20-/m1/s1. The van der Waals surface area contributed by atoms with Crippen LogP contribution in [-0.4, -0.2) is 38.8 Å². The highest BCUT2D eigenvalue weighted by Crippen LogP contribution is 2.39. The van der Waals surface area contributed by atoms with Crippen LogP contribution in [0.2, 0.25) is 0 Å². The van der Waals surface area contributed by atoms with Crippen molar-refractivity contribution in [2.75, 3.05) is 19.4 Å². The molecule has 1 unspecified atom stereocenters. The number of alkyl halides is 3. The summed E-state index contributed by atoms with van der Waals surface area (Å²) in [6, 6.07) is 7.90. The molecule has 5 rings (SSSR count). The number of nitrogens with zero attached hydrogens (tertiary/aromatic N) is 4. The van der Waals surface area contributed by atoms with E-state index in [4.69, 9.17) is 10.5 Å². The van der Waals surface area contributed by atoms with E-state index in [1.807, 2.05) is 0 Å². The predicted molar refractivity (Wildman–Crippen MR) is 116 cm³/mol. The summed E-state index contributed by atoms with van der Waals surface area (Å²) in [6.45, 7) is 1.87. The maximum absolute atomic E-state index is 13.4. The molecular weight excluding hydrogens is 435 g/mol. The first-order valence-electron chi connectivity index (χ1n) is 10.3. The topological polar surface area (TPSA) is 85.8 Å². The summed E-state index contributed by atoms with van der Waals surface area (Å²) >= 11 is 0. The molecule has 2 aromatic carbocycles. The summed E-state index contributed by atoms with van der Waals surface area (Å²) in [6.07, 6.45) is -1.68. The lowest BCUT2D eigenvalue weighted by atomic mass is 9.91. The van der Waals surface area contributed by atoms with Crippen molar-refractivity contribution in [3.63, 3.8) is 0 Å². The van der Waals surface area contributed by atoms with E-state index in [-0.39, 0.29) is 18.6 Å². The van der Waals surface area contributed by atoms with Gasteiger partial charge in [-0.15, -0.1) is 0 Å². The number of benzene rings is 2. The number of rotatable bonds is 2. The molecule has 2 aromatic heterocycles. The Kier molecular flexibility index (Phi) is 4.78. The molecule has 3 heterocycles. The van der Waals surface area contributed by atoms with Gasteiger partial charge in [-0.1, -0.05) is 6.07 Å². The van der Waals surface area contributed by atoms with Gasteiger partial charge in [0, 0.05) is 12.6 Å². The maximum atomic E-state index is 13.4. The van der Waals surface area contributed by atoms with E-state index in [0.717, 1.165) is 12.1 Å². The van der Waals surface area contributed by atoms with Crippen molar-refractivity contribution < 1.29 is 22.7 Å². The fraction of sp³-hybridized carbons (Fsp3) is 0.261.